The van der Waals surface area contributed by atoms with E-state index in [-0.39, 0.29) is 103 Å². The number of carboxylic acids is 2. The second kappa shape index (κ2) is 9.26. The van der Waals surface area contributed by atoms with Gasteiger partial charge in [-0.2, -0.15) is 0 Å². The van der Waals surface area contributed by atoms with Gasteiger partial charge in [0.2, 0.25) is 6.10 Å². The fourth-order valence-electron chi connectivity index (χ4n) is 0.106. The standard InChI is InChI=1S/C3H4O5.2K.2H/c4-1(2(5)6)3(7)8;;;;/h1,4H,(H,5,6)(H,7,8);;;;. The van der Waals surface area contributed by atoms with Gasteiger partial charge in [0.05, 0.1) is 0 Å². The van der Waals surface area contributed by atoms with Crippen LogP contribution in [-0.4, -0.2) is 136 Å². The molecule has 0 saturated heterocycles. The van der Waals surface area contributed by atoms with E-state index in [4.69, 9.17) is 15.3 Å². The van der Waals surface area contributed by atoms with Crippen molar-refractivity contribution in [1.82, 2.24) is 0 Å². The zero-order valence-corrected chi connectivity index (χ0v) is 3.74. The summed E-state index contributed by atoms with van der Waals surface area (Å²) in [5, 5.41) is 23.4. The average Bonchev–Trinajstić information content (AvgIpc) is 1.64. The van der Waals surface area contributed by atoms with Gasteiger partial charge in [-0.25, -0.2) is 9.59 Å². The Morgan fingerprint density at radius 1 is 1.00 bits per heavy atom. The third kappa shape index (κ3) is 8.27. The van der Waals surface area contributed by atoms with Crippen LogP contribution in [0.2, 0.25) is 0 Å². The molecule has 0 aromatic rings. The van der Waals surface area contributed by atoms with Crippen LogP contribution in [0.1, 0.15) is 0 Å². The van der Waals surface area contributed by atoms with Crippen LogP contribution >= 0.6 is 0 Å². The molecule has 5 nitrogen and oxygen atoms in total. The van der Waals surface area contributed by atoms with E-state index in [0.29, 0.717) is 0 Å². The molecule has 0 aliphatic heterocycles. The summed E-state index contributed by atoms with van der Waals surface area (Å²) in [6, 6.07) is 0. The number of aliphatic hydroxyl groups excluding tert-OH is 1. The fraction of sp³-hybridized carbons (Fsp3) is 0.333. The van der Waals surface area contributed by atoms with E-state index < -0.39 is 18.0 Å². The van der Waals surface area contributed by atoms with Crippen molar-refractivity contribution in [3.8, 4) is 0 Å². The molecule has 0 heterocycles. The monoisotopic (exact) mass is 200 g/mol. The van der Waals surface area contributed by atoms with Crippen molar-refractivity contribution >= 4 is 115 Å². The SMILES string of the molecule is O=C(O)C(O)C(=O)O.[KH].[KH]. The van der Waals surface area contributed by atoms with Gasteiger partial charge in [-0.15, -0.1) is 0 Å². The normalized spacial score (nSPS) is 7.40. The maximum absolute atomic E-state index is 9.51. The zero-order valence-electron chi connectivity index (χ0n) is 3.74. The first-order chi connectivity index (χ1) is 3.55. The minimum absolute atomic E-state index is 0. The van der Waals surface area contributed by atoms with E-state index in [1.165, 1.54) is 0 Å². The third-order valence-corrected chi connectivity index (χ3v) is 0.468. The Labute approximate surface area is 142 Å². The second-order valence-corrected chi connectivity index (χ2v) is 1.08. The van der Waals surface area contributed by atoms with Crippen molar-refractivity contribution in [2.24, 2.45) is 0 Å². The van der Waals surface area contributed by atoms with Crippen molar-refractivity contribution in [3.05, 3.63) is 0 Å². The van der Waals surface area contributed by atoms with Crippen LogP contribution in [0.5, 0.6) is 0 Å². The molecule has 0 spiro atoms. The van der Waals surface area contributed by atoms with Crippen LogP contribution in [0.15, 0.2) is 0 Å². The first-order valence-corrected chi connectivity index (χ1v) is 1.69. The number of hydrogen-bond donors (Lipinski definition) is 3. The predicted octanol–water partition coefficient (Wildman–Crippen LogP) is -2.78. The molecule has 0 aliphatic rings. The summed E-state index contributed by atoms with van der Waals surface area (Å²) >= 11 is 0. The van der Waals surface area contributed by atoms with Crippen LogP contribution in [0.4, 0.5) is 0 Å². The Hall–Kier alpha value is 2.17. The van der Waals surface area contributed by atoms with Crippen LogP contribution < -0.4 is 0 Å². The molecule has 0 aliphatic carbocycles. The second-order valence-electron chi connectivity index (χ2n) is 1.08. The maximum atomic E-state index is 9.51. The molecule has 0 radical (unpaired) electrons. The molecule has 0 amide bonds. The van der Waals surface area contributed by atoms with Crippen molar-refractivity contribution < 1.29 is 24.9 Å². The molecule has 0 atom stereocenters. The molecule has 0 aromatic carbocycles. The number of carboxylic acid groups (broad SMARTS) is 2. The Bertz CT molecular complexity index is 110. The molecule has 0 unspecified atom stereocenters. The van der Waals surface area contributed by atoms with E-state index in [1.54, 1.807) is 0 Å². The van der Waals surface area contributed by atoms with E-state index in [0.717, 1.165) is 0 Å². The molecular formula is C3H6K2O5. The molecule has 0 rings (SSSR count). The van der Waals surface area contributed by atoms with Crippen LogP contribution in [0.3, 0.4) is 0 Å². The van der Waals surface area contributed by atoms with Gasteiger partial charge in [0.1, 0.15) is 0 Å². The number of carbonyl (C=O) groups is 2. The first-order valence-electron chi connectivity index (χ1n) is 1.69. The summed E-state index contributed by atoms with van der Waals surface area (Å²) in [4.78, 5) is 19.0. The van der Waals surface area contributed by atoms with Crippen molar-refractivity contribution in [3.63, 3.8) is 0 Å². The van der Waals surface area contributed by atoms with Crippen molar-refractivity contribution in [2.75, 3.05) is 0 Å². The quantitative estimate of drug-likeness (QED) is 0.331. The minimum atomic E-state index is -2.30. The Morgan fingerprint density at radius 2 is 1.20 bits per heavy atom. The number of hydrogen-bond acceptors (Lipinski definition) is 3. The Kier molecular flexibility index (Phi) is 16.7. The molecule has 50 valence electrons. The molecule has 0 aromatic heterocycles. The molecule has 7 heteroatoms. The van der Waals surface area contributed by atoms with Gasteiger partial charge < -0.3 is 15.3 Å². The van der Waals surface area contributed by atoms with Gasteiger partial charge in [-0.3, -0.25) is 0 Å². The van der Waals surface area contributed by atoms with Crippen LogP contribution in [0.25, 0.3) is 0 Å². The van der Waals surface area contributed by atoms with E-state index >= 15 is 0 Å². The third-order valence-electron chi connectivity index (χ3n) is 0.468. The van der Waals surface area contributed by atoms with E-state index in [1.807, 2.05) is 0 Å². The molecule has 0 bridgehead atoms. The van der Waals surface area contributed by atoms with Crippen molar-refractivity contribution in [2.45, 2.75) is 6.10 Å². The summed E-state index contributed by atoms with van der Waals surface area (Å²) in [5.41, 5.74) is 0. The van der Waals surface area contributed by atoms with Gasteiger partial charge in [0.15, 0.2) is 0 Å². The molecule has 10 heavy (non-hydrogen) atoms. The summed E-state index contributed by atoms with van der Waals surface area (Å²) < 4.78 is 0. The van der Waals surface area contributed by atoms with Gasteiger partial charge in [0.25, 0.3) is 0 Å². The Morgan fingerprint density at radius 3 is 1.20 bits per heavy atom. The zero-order chi connectivity index (χ0) is 6.73. The topological polar surface area (TPSA) is 94.8 Å². The molecule has 0 saturated carbocycles. The summed E-state index contributed by atoms with van der Waals surface area (Å²) in [7, 11) is 0. The summed E-state index contributed by atoms with van der Waals surface area (Å²) in [6.07, 6.45) is -2.30. The summed E-state index contributed by atoms with van der Waals surface area (Å²) in [5.74, 6) is -3.50. The van der Waals surface area contributed by atoms with Crippen LogP contribution in [-0.2, 0) is 9.59 Å². The van der Waals surface area contributed by atoms with Gasteiger partial charge in [-0.1, -0.05) is 0 Å². The van der Waals surface area contributed by atoms with Gasteiger partial charge in [-0.05, 0) is 0 Å². The number of aliphatic carboxylic acids is 2. The van der Waals surface area contributed by atoms with Gasteiger partial charge in [0, 0.05) is 0 Å². The van der Waals surface area contributed by atoms with Crippen LogP contribution in [0, 0.1) is 0 Å². The Balaban J connectivity index is -0.000000245. The molecular weight excluding hydrogens is 194 g/mol. The van der Waals surface area contributed by atoms with E-state index in [9.17, 15) is 9.59 Å². The number of aliphatic hydroxyl groups is 1. The first kappa shape index (κ1) is 18.1. The molecule has 0 fully saturated rings. The fourth-order valence-corrected chi connectivity index (χ4v) is 0.106. The predicted molar refractivity (Wildman–Crippen MR) is 35.6 cm³/mol. The van der Waals surface area contributed by atoms with E-state index in [2.05, 4.69) is 0 Å². The summed E-state index contributed by atoms with van der Waals surface area (Å²) in [6.45, 7) is 0. The number of rotatable bonds is 2. The van der Waals surface area contributed by atoms with Crippen molar-refractivity contribution in [1.29, 1.82) is 0 Å². The average molecular weight is 200 g/mol. The van der Waals surface area contributed by atoms with Gasteiger partial charge >= 0.3 is 115 Å². The molecule has 3 N–H and O–H groups in total.